The minimum absolute atomic E-state index is 0. The summed E-state index contributed by atoms with van der Waals surface area (Å²) in [5.41, 5.74) is -0.813. The van der Waals surface area contributed by atoms with Gasteiger partial charge in [0, 0.05) is 19.1 Å². The van der Waals surface area contributed by atoms with Crippen molar-refractivity contribution in [3.63, 3.8) is 0 Å². The van der Waals surface area contributed by atoms with Crippen molar-refractivity contribution in [2.24, 2.45) is 5.92 Å². The van der Waals surface area contributed by atoms with E-state index in [0.717, 1.165) is 30.6 Å². The maximum atomic E-state index is 12.5. The van der Waals surface area contributed by atoms with E-state index in [9.17, 15) is 14.4 Å². The third kappa shape index (κ3) is 3.30. The summed E-state index contributed by atoms with van der Waals surface area (Å²) < 4.78 is 0. The standard InChI is InChI=1S/C15H24N4O3.ClH/c1-15(10-5-6-10)13(21)19(14(22)17-15)9-12(20)18-7-3-4-11(8-18)16-2;/h10-11,16H,3-9H2,1-2H3,(H,17,22);1H. The fourth-order valence-corrected chi connectivity index (χ4v) is 3.47. The Kier molecular flexibility index (Phi) is 5.20. The molecule has 3 aliphatic rings. The van der Waals surface area contributed by atoms with Crippen molar-refractivity contribution in [2.75, 3.05) is 26.7 Å². The van der Waals surface area contributed by atoms with Crippen molar-refractivity contribution < 1.29 is 14.4 Å². The van der Waals surface area contributed by atoms with Gasteiger partial charge in [-0.3, -0.25) is 14.5 Å². The number of likely N-dealkylation sites (tertiary alicyclic amines) is 1. The molecule has 130 valence electrons. The number of imide groups is 1. The van der Waals surface area contributed by atoms with Crippen LogP contribution in [0.5, 0.6) is 0 Å². The third-order valence-electron chi connectivity index (χ3n) is 5.17. The maximum Gasteiger partial charge on any atom is 0.325 e. The van der Waals surface area contributed by atoms with Crippen LogP contribution in [0, 0.1) is 5.92 Å². The Labute approximate surface area is 142 Å². The van der Waals surface area contributed by atoms with E-state index < -0.39 is 11.6 Å². The molecular weight excluding hydrogens is 320 g/mol. The minimum atomic E-state index is -0.813. The van der Waals surface area contributed by atoms with Gasteiger partial charge in [-0.15, -0.1) is 12.4 Å². The monoisotopic (exact) mass is 344 g/mol. The Hall–Kier alpha value is -1.34. The smallest absolute Gasteiger partial charge is 0.325 e. The number of rotatable bonds is 4. The van der Waals surface area contributed by atoms with E-state index >= 15 is 0 Å². The van der Waals surface area contributed by atoms with Gasteiger partial charge in [0.2, 0.25) is 5.91 Å². The van der Waals surface area contributed by atoms with Crippen molar-refractivity contribution in [3.8, 4) is 0 Å². The number of carbonyl (C=O) groups excluding carboxylic acids is 3. The summed E-state index contributed by atoms with van der Waals surface area (Å²) in [7, 11) is 1.89. The largest absolute Gasteiger partial charge is 0.340 e. The molecule has 7 nitrogen and oxygen atoms in total. The number of hydrogen-bond acceptors (Lipinski definition) is 4. The number of nitrogens with one attached hydrogen (secondary N) is 2. The van der Waals surface area contributed by atoms with Crippen LogP contribution in [-0.2, 0) is 9.59 Å². The summed E-state index contributed by atoms with van der Waals surface area (Å²) in [5.74, 6) is -0.188. The van der Waals surface area contributed by atoms with Crippen LogP contribution in [-0.4, -0.2) is 65.9 Å². The molecule has 0 aromatic carbocycles. The first-order valence-corrected chi connectivity index (χ1v) is 8.05. The number of nitrogens with zero attached hydrogens (tertiary/aromatic N) is 2. The van der Waals surface area contributed by atoms with Crippen LogP contribution in [0.1, 0.15) is 32.6 Å². The lowest BCUT2D eigenvalue weighted by Gasteiger charge is -2.33. The zero-order chi connectivity index (χ0) is 15.9. The Morgan fingerprint density at radius 2 is 2.04 bits per heavy atom. The van der Waals surface area contributed by atoms with Gasteiger partial charge >= 0.3 is 6.03 Å². The molecule has 4 amide bonds. The second-order valence-corrected chi connectivity index (χ2v) is 6.77. The number of carbonyl (C=O) groups is 3. The number of hydrogen-bond donors (Lipinski definition) is 2. The molecule has 2 atom stereocenters. The van der Waals surface area contributed by atoms with Crippen molar-refractivity contribution in [1.82, 2.24) is 20.4 Å². The molecule has 1 saturated carbocycles. The molecule has 0 aromatic rings. The Bertz CT molecular complexity index is 511. The first-order chi connectivity index (χ1) is 10.5. The average molecular weight is 345 g/mol. The van der Waals surface area contributed by atoms with Crippen LogP contribution in [0.15, 0.2) is 0 Å². The van der Waals surface area contributed by atoms with Gasteiger partial charge in [-0.1, -0.05) is 0 Å². The maximum absolute atomic E-state index is 12.5. The fourth-order valence-electron chi connectivity index (χ4n) is 3.47. The van der Waals surface area contributed by atoms with E-state index in [0.29, 0.717) is 13.1 Å². The van der Waals surface area contributed by atoms with Crippen LogP contribution >= 0.6 is 12.4 Å². The van der Waals surface area contributed by atoms with E-state index in [-0.39, 0.29) is 42.7 Å². The highest BCUT2D eigenvalue weighted by atomic mass is 35.5. The fraction of sp³-hybridized carbons (Fsp3) is 0.800. The molecule has 2 unspecified atom stereocenters. The Morgan fingerprint density at radius 3 is 2.65 bits per heavy atom. The summed E-state index contributed by atoms with van der Waals surface area (Å²) in [4.78, 5) is 39.9. The van der Waals surface area contributed by atoms with E-state index in [1.807, 2.05) is 7.05 Å². The molecule has 0 radical (unpaired) electrons. The summed E-state index contributed by atoms with van der Waals surface area (Å²) >= 11 is 0. The molecule has 3 fully saturated rings. The Morgan fingerprint density at radius 1 is 1.35 bits per heavy atom. The lowest BCUT2D eigenvalue weighted by molar-refractivity contribution is -0.139. The van der Waals surface area contributed by atoms with Crippen LogP contribution in [0.3, 0.4) is 0 Å². The van der Waals surface area contributed by atoms with Crippen LogP contribution in [0.2, 0.25) is 0 Å². The molecule has 1 aliphatic carbocycles. The molecule has 8 heteroatoms. The van der Waals surface area contributed by atoms with E-state index in [2.05, 4.69) is 10.6 Å². The molecule has 2 heterocycles. The average Bonchev–Trinajstić information content (AvgIpc) is 3.33. The van der Waals surface area contributed by atoms with Crippen molar-refractivity contribution in [2.45, 2.75) is 44.2 Å². The molecule has 2 saturated heterocycles. The third-order valence-corrected chi connectivity index (χ3v) is 5.17. The van der Waals surface area contributed by atoms with Crippen LogP contribution in [0.25, 0.3) is 0 Å². The van der Waals surface area contributed by atoms with Crippen LogP contribution < -0.4 is 10.6 Å². The summed E-state index contributed by atoms with van der Waals surface area (Å²) in [6.07, 6.45) is 3.90. The number of halogens is 1. The van der Waals surface area contributed by atoms with Gasteiger partial charge in [-0.25, -0.2) is 4.79 Å². The van der Waals surface area contributed by atoms with Gasteiger partial charge in [0.1, 0.15) is 12.1 Å². The molecule has 0 bridgehead atoms. The second-order valence-electron chi connectivity index (χ2n) is 6.77. The lowest BCUT2D eigenvalue weighted by atomic mass is 9.96. The Balaban J connectivity index is 0.00000192. The van der Waals surface area contributed by atoms with E-state index in [4.69, 9.17) is 0 Å². The van der Waals surface area contributed by atoms with Crippen molar-refractivity contribution >= 4 is 30.3 Å². The van der Waals surface area contributed by atoms with Gasteiger partial charge < -0.3 is 15.5 Å². The molecule has 0 aromatic heterocycles. The lowest BCUT2D eigenvalue weighted by Crippen LogP contribution is -2.51. The topological polar surface area (TPSA) is 81.8 Å². The highest BCUT2D eigenvalue weighted by Crippen LogP contribution is 2.42. The molecule has 2 N–H and O–H groups in total. The second kappa shape index (κ2) is 6.65. The molecule has 3 rings (SSSR count). The molecule has 23 heavy (non-hydrogen) atoms. The predicted octanol–water partition coefficient (Wildman–Crippen LogP) is 0.339. The van der Waals surface area contributed by atoms with E-state index in [1.165, 1.54) is 0 Å². The first kappa shape index (κ1) is 18.0. The van der Waals surface area contributed by atoms with Gasteiger partial charge in [-0.05, 0) is 45.6 Å². The highest BCUT2D eigenvalue weighted by molar-refractivity contribution is 6.09. The van der Waals surface area contributed by atoms with E-state index in [1.54, 1.807) is 11.8 Å². The number of piperidine rings is 1. The van der Waals surface area contributed by atoms with Crippen LogP contribution in [0.4, 0.5) is 4.79 Å². The van der Waals surface area contributed by atoms with Crippen molar-refractivity contribution in [1.29, 1.82) is 0 Å². The first-order valence-electron chi connectivity index (χ1n) is 8.05. The van der Waals surface area contributed by atoms with Gasteiger partial charge in [0.25, 0.3) is 5.91 Å². The zero-order valence-electron chi connectivity index (χ0n) is 13.6. The van der Waals surface area contributed by atoms with Gasteiger partial charge in [0.05, 0.1) is 0 Å². The zero-order valence-corrected chi connectivity index (χ0v) is 14.4. The number of amides is 4. The number of likely N-dealkylation sites (N-methyl/N-ethyl adjacent to an activating group) is 1. The normalized spacial score (nSPS) is 31.0. The SMILES string of the molecule is CNC1CCCN(C(=O)CN2C(=O)NC(C)(C3CC3)C2=O)C1.Cl. The van der Waals surface area contributed by atoms with Crippen molar-refractivity contribution in [3.05, 3.63) is 0 Å². The summed E-state index contributed by atoms with van der Waals surface area (Å²) in [6.45, 7) is 2.95. The molecular formula is C15H25ClN4O3. The molecule has 0 spiro atoms. The van der Waals surface area contributed by atoms with Gasteiger partial charge in [-0.2, -0.15) is 0 Å². The predicted molar refractivity (Wildman–Crippen MR) is 87.3 cm³/mol. The number of urea groups is 1. The summed E-state index contributed by atoms with van der Waals surface area (Å²) in [6, 6.07) is -0.146. The minimum Gasteiger partial charge on any atom is -0.340 e. The molecule has 2 aliphatic heterocycles. The van der Waals surface area contributed by atoms with Gasteiger partial charge in [0.15, 0.2) is 0 Å². The summed E-state index contributed by atoms with van der Waals surface area (Å²) in [5, 5.41) is 5.96. The quantitative estimate of drug-likeness (QED) is 0.721. The highest BCUT2D eigenvalue weighted by Gasteiger charge is 2.56.